The number of halogens is 2. The molecule has 0 fully saturated rings. The number of nitro groups is 1. The first-order chi connectivity index (χ1) is 9.97. The van der Waals surface area contributed by atoms with E-state index in [0.29, 0.717) is 10.6 Å². The third-order valence-corrected chi connectivity index (χ3v) is 3.42. The van der Waals surface area contributed by atoms with Gasteiger partial charge in [0.1, 0.15) is 5.82 Å². The van der Waals surface area contributed by atoms with Gasteiger partial charge in [-0.3, -0.25) is 10.1 Å². The van der Waals surface area contributed by atoms with Gasteiger partial charge >= 0.3 is 0 Å². The Morgan fingerprint density at radius 1 is 1.33 bits per heavy atom. The number of nitrogens with zero attached hydrogens (tertiary/aromatic N) is 1. The SMILES string of the molecule is C[C@@H](NCc1cc(F)ccc1[N+](=O)[O-])c1cccc(Cl)c1. The minimum atomic E-state index is -0.513. The van der Waals surface area contributed by atoms with E-state index < -0.39 is 10.7 Å². The van der Waals surface area contributed by atoms with Crippen molar-refractivity contribution in [1.29, 1.82) is 0 Å². The molecule has 1 atom stereocenters. The summed E-state index contributed by atoms with van der Waals surface area (Å²) in [6, 6.07) is 10.7. The fourth-order valence-electron chi connectivity index (χ4n) is 2.03. The lowest BCUT2D eigenvalue weighted by atomic mass is 10.1. The van der Waals surface area contributed by atoms with E-state index in [4.69, 9.17) is 11.6 Å². The topological polar surface area (TPSA) is 55.2 Å². The summed E-state index contributed by atoms with van der Waals surface area (Å²) in [4.78, 5) is 10.4. The van der Waals surface area contributed by atoms with Crippen molar-refractivity contribution in [3.63, 3.8) is 0 Å². The highest BCUT2D eigenvalue weighted by Crippen LogP contribution is 2.22. The summed E-state index contributed by atoms with van der Waals surface area (Å²) in [5.41, 5.74) is 1.18. The van der Waals surface area contributed by atoms with E-state index in [0.717, 1.165) is 11.6 Å². The molecule has 0 aliphatic rings. The van der Waals surface area contributed by atoms with Crippen molar-refractivity contribution < 1.29 is 9.31 Å². The van der Waals surface area contributed by atoms with Crippen LogP contribution >= 0.6 is 11.6 Å². The van der Waals surface area contributed by atoms with Crippen LogP contribution in [0.3, 0.4) is 0 Å². The minimum absolute atomic E-state index is 0.0634. The fraction of sp³-hybridized carbons (Fsp3) is 0.200. The van der Waals surface area contributed by atoms with E-state index in [2.05, 4.69) is 5.32 Å². The molecule has 21 heavy (non-hydrogen) atoms. The van der Waals surface area contributed by atoms with Crippen molar-refractivity contribution in [1.82, 2.24) is 5.32 Å². The number of rotatable bonds is 5. The van der Waals surface area contributed by atoms with Crippen LogP contribution in [0, 0.1) is 15.9 Å². The Bertz CT molecular complexity index is 664. The molecule has 0 unspecified atom stereocenters. The van der Waals surface area contributed by atoms with Gasteiger partial charge in [0.15, 0.2) is 0 Å². The number of hydrogen-bond donors (Lipinski definition) is 1. The van der Waals surface area contributed by atoms with Gasteiger partial charge in [0.05, 0.1) is 4.92 Å². The molecule has 0 aliphatic carbocycles. The molecule has 2 aromatic rings. The molecular formula is C15H14ClFN2O2. The lowest BCUT2D eigenvalue weighted by molar-refractivity contribution is -0.385. The molecule has 0 saturated carbocycles. The van der Waals surface area contributed by atoms with Crippen molar-refractivity contribution in [2.24, 2.45) is 0 Å². The highest BCUT2D eigenvalue weighted by Gasteiger charge is 2.15. The number of hydrogen-bond acceptors (Lipinski definition) is 3. The summed E-state index contributed by atoms with van der Waals surface area (Å²) in [7, 11) is 0. The van der Waals surface area contributed by atoms with Gasteiger partial charge in [-0.05, 0) is 36.8 Å². The third kappa shape index (κ3) is 4.00. The van der Waals surface area contributed by atoms with Crippen LogP contribution in [0.5, 0.6) is 0 Å². The Hall–Kier alpha value is -1.98. The third-order valence-electron chi connectivity index (χ3n) is 3.19. The van der Waals surface area contributed by atoms with Crippen LogP contribution in [0.25, 0.3) is 0 Å². The highest BCUT2D eigenvalue weighted by molar-refractivity contribution is 6.30. The van der Waals surface area contributed by atoms with Gasteiger partial charge in [-0.2, -0.15) is 0 Å². The van der Waals surface area contributed by atoms with Crippen molar-refractivity contribution in [3.05, 3.63) is 74.5 Å². The van der Waals surface area contributed by atoms with Gasteiger partial charge in [-0.25, -0.2) is 4.39 Å². The largest absolute Gasteiger partial charge is 0.306 e. The second-order valence-electron chi connectivity index (χ2n) is 4.69. The summed E-state index contributed by atoms with van der Waals surface area (Å²) in [6.07, 6.45) is 0. The zero-order valence-corrected chi connectivity index (χ0v) is 12.1. The predicted molar refractivity (Wildman–Crippen MR) is 79.8 cm³/mol. The molecule has 0 spiro atoms. The number of nitrogens with one attached hydrogen (secondary N) is 1. The van der Waals surface area contributed by atoms with E-state index in [1.807, 2.05) is 25.1 Å². The van der Waals surface area contributed by atoms with Crippen molar-refractivity contribution in [2.75, 3.05) is 0 Å². The first-order valence-electron chi connectivity index (χ1n) is 6.39. The van der Waals surface area contributed by atoms with Gasteiger partial charge < -0.3 is 5.32 Å². The molecule has 2 aromatic carbocycles. The number of nitro benzene ring substituents is 1. The van der Waals surface area contributed by atoms with Crippen molar-refractivity contribution >= 4 is 17.3 Å². The van der Waals surface area contributed by atoms with Gasteiger partial charge in [0.2, 0.25) is 0 Å². The van der Waals surface area contributed by atoms with E-state index in [1.165, 1.54) is 12.1 Å². The summed E-state index contributed by atoms with van der Waals surface area (Å²) >= 11 is 5.93. The maximum absolute atomic E-state index is 13.2. The second kappa shape index (κ2) is 6.65. The quantitative estimate of drug-likeness (QED) is 0.664. The monoisotopic (exact) mass is 308 g/mol. The van der Waals surface area contributed by atoms with Crippen LogP contribution in [0.1, 0.15) is 24.1 Å². The highest BCUT2D eigenvalue weighted by atomic mass is 35.5. The van der Waals surface area contributed by atoms with Gasteiger partial charge in [0.25, 0.3) is 5.69 Å². The Labute approximate surface area is 126 Å². The van der Waals surface area contributed by atoms with Crippen LogP contribution in [0.2, 0.25) is 5.02 Å². The Balaban J connectivity index is 2.12. The Morgan fingerprint density at radius 3 is 2.76 bits per heavy atom. The zero-order valence-electron chi connectivity index (χ0n) is 11.3. The fourth-order valence-corrected chi connectivity index (χ4v) is 2.23. The first kappa shape index (κ1) is 15.4. The molecule has 0 aliphatic heterocycles. The molecule has 0 aromatic heterocycles. The molecule has 4 nitrogen and oxygen atoms in total. The molecule has 0 heterocycles. The standard InChI is InChI=1S/C15H14ClFN2O2/c1-10(11-3-2-4-13(16)7-11)18-9-12-8-14(17)5-6-15(12)19(20)21/h2-8,10,18H,9H2,1H3/t10-/m1/s1. The minimum Gasteiger partial charge on any atom is -0.306 e. The maximum atomic E-state index is 13.2. The van der Waals surface area contributed by atoms with Crippen LogP contribution < -0.4 is 5.32 Å². The Morgan fingerprint density at radius 2 is 2.10 bits per heavy atom. The average Bonchev–Trinajstić information content (AvgIpc) is 2.44. The predicted octanol–water partition coefficient (Wildman–Crippen LogP) is 4.24. The summed E-state index contributed by atoms with van der Waals surface area (Å²) in [5.74, 6) is -0.493. The summed E-state index contributed by atoms with van der Waals surface area (Å²) in [5, 5.41) is 14.7. The normalized spacial score (nSPS) is 12.1. The molecule has 0 saturated heterocycles. The Kier molecular flexibility index (Phi) is 4.88. The van der Waals surface area contributed by atoms with Crippen LogP contribution in [-0.4, -0.2) is 4.92 Å². The van der Waals surface area contributed by atoms with Crippen LogP contribution in [0.15, 0.2) is 42.5 Å². The lowest BCUT2D eigenvalue weighted by Gasteiger charge is -2.14. The summed E-state index contributed by atoms with van der Waals surface area (Å²) in [6.45, 7) is 2.11. The van der Waals surface area contributed by atoms with Crippen molar-refractivity contribution in [2.45, 2.75) is 19.5 Å². The molecule has 1 N–H and O–H groups in total. The first-order valence-corrected chi connectivity index (χ1v) is 6.77. The summed E-state index contributed by atoms with van der Waals surface area (Å²) < 4.78 is 13.2. The smallest absolute Gasteiger partial charge is 0.274 e. The van der Waals surface area contributed by atoms with E-state index in [-0.39, 0.29) is 18.3 Å². The number of benzene rings is 2. The second-order valence-corrected chi connectivity index (χ2v) is 5.12. The molecule has 0 amide bonds. The lowest BCUT2D eigenvalue weighted by Crippen LogP contribution is -2.18. The average molecular weight is 309 g/mol. The molecular weight excluding hydrogens is 295 g/mol. The van der Waals surface area contributed by atoms with Crippen LogP contribution in [0.4, 0.5) is 10.1 Å². The molecule has 6 heteroatoms. The molecule has 0 bridgehead atoms. The van der Waals surface area contributed by atoms with E-state index in [9.17, 15) is 14.5 Å². The van der Waals surface area contributed by atoms with E-state index in [1.54, 1.807) is 6.07 Å². The van der Waals surface area contributed by atoms with Crippen LogP contribution in [-0.2, 0) is 6.54 Å². The van der Waals surface area contributed by atoms with E-state index >= 15 is 0 Å². The maximum Gasteiger partial charge on any atom is 0.274 e. The van der Waals surface area contributed by atoms with Crippen molar-refractivity contribution in [3.8, 4) is 0 Å². The van der Waals surface area contributed by atoms with Gasteiger partial charge in [0, 0.05) is 29.2 Å². The molecule has 2 rings (SSSR count). The van der Waals surface area contributed by atoms with Gasteiger partial charge in [-0.1, -0.05) is 23.7 Å². The zero-order chi connectivity index (χ0) is 15.4. The van der Waals surface area contributed by atoms with Gasteiger partial charge in [-0.15, -0.1) is 0 Å². The molecule has 0 radical (unpaired) electrons. The molecule has 110 valence electrons.